The standard InChI is InChI=1S/C22H35N3O2/c1-4-11-22(20(23)26,12-10-18(2)3)21(27)25-15-13-24(14-16-25)17-19-8-6-5-7-9-19/h5-9,18H,4,10-17H2,1-3H3,(H2,23,26)/t22-/m0/s1. The Morgan fingerprint density at radius 2 is 1.70 bits per heavy atom. The fourth-order valence-electron chi connectivity index (χ4n) is 3.91. The Bertz CT molecular complexity index is 609. The van der Waals surface area contributed by atoms with Gasteiger partial charge in [0.2, 0.25) is 11.8 Å². The number of primary amides is 1. The van der Waals surface area contributed by atoms with Gasteiger partial charge in [0.25, 0.3) is 0 Å². The van der Waals surface area contributed by atoms with Crippen LogP contribution in [0.4, 0.5) is 0 Å². The van der Waals surface area contributed by atoms with Crippen LogP contribution in [0, 0.1) is 11.3 Å². The van der Waals surface area contributed by atoms with E-state index in [1.807, 2.05) is 17.9 Å². The van der Waals surface area contributed by atoms with Crippen molar-refractivity contribution in [2.24, 2.45) is 17.1 Å². The second-order valence-corrected chi connectivity index (χ2v) is 8.18. The van der Waals surface area contributed by atoms with Gasteiger partial charge in [0.05, 0.1) is 0 Å². The molecule has 1 heterocycles. The fraction of sp³-hybridized carbons (Fsp3) is 0.636. The number of benzene rings is 1. The Morgan fingerprint density at radius 3 is 2.22 bits per heavy atom. The van der Waals surface area contributed by atoms with E-state index in [0.29, 0.717) is 31.8 Å². The lowest BCUT2D eigenvalue weighted by Gasteiger charge is -2.40. The molecule has 2 rings (SSSR count). The van der Waals surface area contributed by atoms with Crippen molar-refractivity contribution in [2.75, 3.05) is 26.2 Å². The molecule has 1 atom stereocenters. The summed E-state index contributed by atoms with van der Waals surface area (Å²) in [7, 11) is 0. The van der Waals surface area contributed by atoms with Gasteiger partial charge in [0.1, 0.15) is 5.41 Å². The molecule has 0 radical (unpaired) electrons. The third-order valence-corrected chi connectivity index (χ3v) is 5.61. The van der Waals surface area contributed by atoms with Crippen LogP contribution in [-0.2, 0) is 16.1 Å². The lowest BCUT2D eigenvalue weighted by molar-refractivity contribution is -0.152. The van der Waals surface area contributed by atoms with Gasteiger partial charge < -0.3 is 10.6 Å². The summed E-state index contributed by atoms with van der Waals surface area (Å²) in [5.41, 5.74) is 6.03. The molecular weight excluding hydrogens is 338 g/mol. The van der Waals surface area contributed by atoms with E-state index in [1.165, 1.54) is 5.56 Å². The maximum absolute atomic E-state index is 13.3. The van der Waals surface area contributed by atoms with E-state index in [-0.39, 0.29) is 5.91 Å². The molecule has 27 heavy (non-hydrogen) atoms. The van der Waals surface area contributed by atoms with Crippen molar-refractivity contribution in [1.29, 1.82) is 0 Å². The lowest BCUT2D eigenvalue weighted by atomic mass is 9.75. The van der Waals surface area contributed by atoms with Crippen molar-refractivity contribution in [3.63, 3.8) is 0 Å². The number of hydrogen-bond donors (Lipinski definition) is 1. The molecule has 0 spiro atoms. The van der Waals surface area contributed by atoms with Crippen LogP contribution < -0.4 is 5.73 Å². The number of rotatable bonds is 9. The summed E-state index contributed by atoms with van der Waals surface area (Å²) in [6, 6.07) is 10.4. The van der Waals surface area contributed by atoms with Crippen molar-refractivity contribution in [3.05, 3.63) is 35.9 Å². The molecule has 150 valence electrons. The zero-order valence-corrected chi connectivity index (χ0v) is 17.1. The third kappa shape index (κ3) is 5.55. The number of carbonyl (C=O) groups excluding carboxylic acids is 2. The number of piperazine rings is 1. The monoisotopic (exact) mass is 373 g/mol. The predicted octanol–water partition coefficient (Wildman–Crippen LogP) is 3.04. The zero-order chi connectivity index (χ0) is 19.9. The summed E-state index contributed by atoms with van der Waals surface area (Å²) in [6.07, 6.45) is 2.71. The van der Waals surface area contributed by atoms with Gasteiger partial charge in [-0.15, -0.1) is 0 Å². The molecule has 0 bridgehead atoms. The second-order valence-electron chi connectivity index (χ2n) is 8.18. The molecule has 0 aromatic heterocycles. The van der Waals surface area contributed by atoms with Crippen molar-refractivity contribution in [3.8, 4) is 0 Å². The Morgan fingerprint density at radius 1 is 1.07 bits per heavy atom. The van der Waals surface area contributed by atoms with E-state index in [0.717, 1.165) is 32.5 Å². The van der Waals surface area contributed by atoms with Gasteiger partial charge in [0.15, 0.2) is 0 Å². The highest BCUT2D eigenvalue weighted by Crippen LogP contribution is 2.34. The van der Waals surface area contributed by atoms with Crippen molar-refractivity contribution < 1.29 is 9.59 Å². The first-order chi connectivity index (χ1) is 12.9. The minimum atomic E-state index is -1.04. The molecule has 1 aromatic carbocycles. The van der Waals surface area contributed by atoms with Gasteiger partial charge >= 0.3 is 0 Å². The Kier molecular flexibility index (Phi) is 7.84. The van der Waals surface area contributed by atoms with E-state index in [1.54, 1.807) is 0 Å². The first-order valence-electron chi connectivity index (χ1n) is 10.2. The highest BCUT2D eigenvalue weighted by Gasteiger charge is 2.45. The molecular formula is C22H35N3O2. The zero-order valence-electron chi connectivity index (χ0n) is 17.1. The molecule has 5 heteroatoms. The van der Waals surface area contributed by atoms with Gasteiger partial charge in [-0.1, -0.05) is 57.5 Å². The van der Waals surface area contributed by atoms with Crippen LogP contribution in [0.5, 0.6) is 0 Å². The Labute approximate surface area is 163 Å². The second kappa shape index (κ2) is 9.88. The highest BCUT2D eigenvalue weighted by atomic mass is 16.2. The van der Waals surface area contributed by atoms with Gasteiger partial charge in [-0.05, 0) is 30.7 Å². The number of carbonyl (C=O) groups is 2. The topological polar surface area (TPSA) is 66.6 Å². The van der Waals surface area contributed by atoms with Crippen LogP contribution >= 0.6 is 0 Å². The summed E-state index contributed by atoms with van der Waals surface area (Å²) < 4.78 is 0. The summed E-state index contributed by atoms with van der Waals surface area (Å²) in [5.74, 6) is -0.0744. The average Bonchev–Trinajstić information content (AvgIpc) is 2.65. The number of amides is 2. The van der Waals surface area contributed by atoms with E-state index in [9.17, 15) is 9.59 Å². The van der Waals surface area contributed by atoms with Gasteiger partial charge in [-0.2, -0.15) is 0 Å². The Balaban J connectivity index is 2.02. The van der Waals surface area contributed by atoms with Crippen LogP contribution in [0.3, 0.4) is 0 Å². The molecule has 2 amide bonds. The van der Waals surface area contributed by atoms with E-state index >= 15 is 0 Å². The largest absolute Gasteiger partial charge is 0.369 e. The smallest absolute Gasteiger partial charge is 0.238 e. The molecule has 1 fully saturated rings. The summed E-state index contributed by atoms with van der Waals surface area (Å²) in [5, 5.41) is 0. The van der Waals surface area contributed by atoms with Crippen LogP contribution in [0.2, 0.25) is 0 Å². The van der Waals surface area contributed by atoms with Crippen molar-refractivity contribution in [2.45, 2.75) is 53.0 Å². The molecule has 0 saturated carbocycles. The van der Waals surface area contributed by atoms with Crippen LogP contribution in [0.1, 0.15) is 52.0 Å². The van der Waals surface area contributed by atoms with E-state index in [4.69, 9.17) is 5.73 Å². The van der Waals surface area contributed by atoms with Crippen LogP contribution in [0.25, 0.3) is 0 Å². The SMILES string of the molecule is CCC[C@](CCC(C)C)(C(N)=O)C(=O)N1CCN(Cc2ccccc2)CC1. The number of hydrogen-bond acceptors (Lipinski definition) is 3. The first kappa shape index (κ1) is 21.4. The van der Waals surface area contributed by atoms with Gasteiger partial charge in [-0.25, -0.2) is 0 Å². The molecule has 5 nitrogen and oxygen atoms in total. The van der Waals surface area contributed by atoms with Gasteiger partial charge in [-0.3, -0.25) is 14.5 Å². The molecule has 0 unspecified atom stereocenters. The quantitative estimate of drug-likeness (QED) is 0.677. The minimum absolute atomic E-state index is 0.0585. The molecule has 2 N–H and O–H groups in total. The van der Waals surface area contributed by atoms with Crippen LogP contribution in [0.15, 0.2) is 30.3 Å². The maximum Gasteiger partial charge on any atom is 0.238 e. The molecule has 0 aliphatic carbocycles. The molecule has 1 aromatic rings. The van der Waals surface area contributed by atoms with Crippen molar-refractivity contribution >= 4 is 11.8 Å². The number of nitrogens with zero attached hydrogens (tertiary/aromatic N) is 2. The summed E-state index contributed by atoms with van der Waals surface area (Å²) >= 11 is 0. The van der Waals surface area contributed by atoms with E-state index in [2.05, 4.69) is 43.0 Å². The first-order valence-corrected chi connectivity index (χ1v) is 10.2. The molecule has 1 aliphatic rings. The predicted molar refractivity (Wildman–Crippen MR) is 109 cm³/mol. The normalized spacial score (nSPS) is 17.7. The molecule has 1 aliphatic heterocycles. The number of nitrogens with two attached hydrogens (primary N) is 1. The summed E-state index contributed by atoms with van der Waals surface area (Å²) in [6.45, 7) is 10.1. The fourth-order valence-corrected chi connectivity index (χ4v) is 3.91. The Hall–Kier alpha value is -1.88. The highest BCUT2D eigenvalue weighted by molar-refractivity contribution is 6.04. The van der Waals surface area contributed by atoms with Gasteiger partial charge in [0, 0.05) is 32.7 Å². The maximum atomic E-state index is 13.3. The lowest BCUT2D eigenvalue weighted by Crippen LogP contribution is -2.56. The minimum Gasteiger partial charge on any atom is -0.369 e. The summed E-state index contributed by atoms with van der Waals surface area (Å²) in [4.78, 5) is 29.9. The third-order valence-electron chi connectivity index (χ3n) is 5.61. The van der Waals surface area contributed by atoms with E-state index < -0.39 is 11.3 Å². The molecule has 1 saturated heterocycles. The van der Waals surface area contributed by atoms with Crippen LogP contribution in [-0.4, -0.2) is 47.8 Å². The van der Waals surface area contributed by atoms with Crippen molar-refractivity contribution in [1.82, 2.24) is 9.80 Å². The average molecular weight is 374 g/mol.